The lowest BCUT2D eigenvalue weighted by Crippen LogP contribution is -2.34. The van der Waals surface area contributed by atoms with Crippen molar-refractivity contribution in [2.24, 2.45) is 0 Å². The van der Waals surface area contributed by atoms with Crippen LogP contribution in [0.4, 0.5) is 0 Å². The number of hydrogen-bond donors (Lipinski definition) is 0. The highest BCUT2D eigenvalue weighted by Crippen LogP contribution is 2.09. The first kappa shape index (κ1) is 23.8. The maximum Gasteiger partial charge on any atom is 0.253 e. The lowest BCUT2D eigenvalue weighted by molar-refractivity contribution is -0.136. The van der Waals surface area contributed by atoms with E-state index in [0.717, 1.165) is 58.5 Å². The fourth-order valence-electron chi connectivity index (χ4n) is 2.84. The molecule has 0 radical (unpaired) electrons. The van der Waals surface area contributed by atoms with Crippen LogP contribution in [0.1, 0.15) is 60.3 Å². The van der Waals surface area contributed by atoms with Gasteiger partial charge in [0.15, 0.2) is 0 Å². The number of nitrogens with zero attached hydrogens (tertiary/aromatic N) is 2. The van der Waals surface area contributed by atoms with Gasteiger partial charge in [0.25, 0.3) is 11.8 Å². The predicted molar refractivity (Wildman–Crippen MR) is 108 cm³/mol. The maximum absolute atomic E-state index is 11.5. The second-order valence-electron chi connectivity index (χ2n) is 8.30. The van der Waals surface area contributed by atoms with E-state index in [1.165, 1.54) is 17.1 Å². The predicted octanol–water partition coefficient (Wildman–Crippen LogP) is 3.01. The first-order valence-corrected chi connectivity index (χ1v) is 10.2. The van der Waals surface area contributed by atoms with Crippen molar-refractivity contribution in [3.63, 3.8) is 0 Å². The van der Waals surface area contributed by atoms with Crippen molar-refractivity contribution in [3.05, 3.63) is 12.2 Å². The number of carbonyl (C=O) groups excluding carboxylic acids is 2. The van der Waals surface area contributed by atoms with Gasteiger partial charge in [-0.05, 0) is 54.0 Å². The van der Waals surface area contributed by atoms with Crippen molar-refractivity contribution in [1.29, 1.82) is 0 Å². The summed E-state index contributed by atoms with van der Waals surface area (Å²) in [6.45, 7) is 15.1. The van der Waals surface area contributed by atoms with Gasteiger partial charge in [0.2, 0.25) is 0 Å². The maximum atomic E-state index is 11.5. The van der Waals surface area contributed by atoms with Crippen LogP contribution < -0.4 is 0 Å². The molecule has 27 heavy (non-hydrogen) atoms. The van der Waals surface area contributed by atoms with Gasteiger partial charge in [0.1, 0.15) is 0 Å². The van der Waals surface area contributed by atoms with E-state index in [-0.39, 0.29) is 23.5 Å². The molecular formula is C21H38N2O4. The van der Waals surface area contributed by atoms with E-state index in [4.69, 9.17) is 9.47 Å². The zero-order valence-electron chi connectivity index (χ0n) is 17.8. The quantitative estimate of drug-likeness (QED) is 0.341. The summed E-state index contributed by atoms with van der Waals surface area (Å²) in [4.78, 5) is 26.7. The van der Waals surface area contributed by atoms with Gasteiger partial charge in [-0.15, -0.1) is 0 Å². The molecule has 6 nitrogen and oxygen atoms in total. The Balaban J connectivity index is 2.20. The molecule has 156 valence electrons. The third-order valence-corrected chi connectivity index (χ3v) is 4.31. The van der Waals surface area contributed by atoms with Gasteiger partial charge in [-0.1, -0.05) is 12.8 Å². The lowest BCUT2D eigenvalue weighted by atomic mass is 10.1. The van der Waals surface area contributed by atoms with Gasteiger partial charge in [-0.3, -0.25) is 19.4 Å². The molecule has 1 aliphatic rings. The number of unbranched alkanes of at least 4 members (excludes halogenated alkanes) is 3. The summed E-state index contributed by atoms with van der Waals surface area (Å²) >= 11 is 0. The van der Waals surface area contributed by atoms with Gasteiger partial charge in [0, 0.05) is 31.8 Å². The van der Waals surface area contributed by atoms with Gasteiger partial charge in [0.05, 0.1) is 24.9 Å². The molecule has 1 heterocycles. The summed E-state index contributed by atoms with van der Waals surface area (Å²) < 4.78 is 11.5. The summed E-state index contributed by atoms with van der Waals surface area (Å²) in [6, 6.07) is 0. The first-order valence-electron chi connectivity index (χ1n) is 10.2. The van der Waals surface area contributed by atoms with Crippen LogP contribution in [0.25, 0.3) is 0 Å². The Bertz CT molecular complexity index is 465. The molecule has 6 heteroatoms. The zero-order valence-corrected chi connectivity index (χ0v) is 17.8. The van der Waals surface area contributed by atoms with Crippen LogP contribution in [-0.4, -0.2) is 72.7 Å². The Hall–Kier alpha value is -1.24. The van der Waals surface area contributed by atoms with Gasteiger partial charge >= 0.3 is 0 Å². The molecule has 0 aromatic heterocycles. The second kappa shape index (κ2) is 12.3. The van der Waals surface area contributed by atoms with Crippen LogP contribution in [0, 0.1) is 0 Å². The van der Waals surface area contributed by atoms with Crippen LogP contribution in [0.2, 0.25) is 0 Å². The largest absolute Gasteiger partial charge is 0.377 e. The number of carbonyl (C=O) groups is 2. The van der Waals surface area contributed by atoms with E-state index in [0.29, 0.717) is 6.54 Å². The van der Waals surface area contributed by atoms with Crippen molar-refractivity contribution >= 4 is 11.8 Å². The molecule has 0 bridgehead atoms. The van der Waals surface area contributed by atoms with E-state index >= 15 is 0 Å². The van der Waals surface area contributed by atoms with Crippen molar-refractivity contribution in [3.8, 4) is 0 Å². The highest BCUT2D eigenvalue weighted by atomic mass is 16.5. The highest BCUT2D eigenvalue weighted by molar-refractivity contribution is 6.12. The number of imide groups is 1. The third-order valence-electron chi connectivity index (χ3n) is 4.31. The Morgan fingerprint density at radius 3 is 2.11 bits per heavy atom. The first-order chi connectivity index (χ1) is 12.7. The van der Waals surface area contributed by atoms with Crippen LogP contribution >= 0.6 is 0 Å². The Labute approximate surface area is 164 Å². The number of rotatable bonds is 14. The van der Waals surface area contributed by atoms with Crippen molar-refractivity contribution in [1.82, 2.24) is 9.80 Å². The minimum Gasteiger partial charge on any atom is -0.377 e. The SMILES string of the molecule is CC(C)OCCN(CCCCCCN1C(=O)C=CC1=O)CCOC(C)(C)C. The van der Waals surface area contributed by atoms with E-state index in [2.05, 4.69) is 39.5 Å². The number of hydrogen-bond acceptors (Lipinski definition) is 5. The molecule has 1 rings (SSSR count). The molecule has 0 saturated carbocycles. The van der Waals surface area contributed by atoms with Crippen molar-refractivity contribution in [2.45, 2.75) is 72.0 Å². The monoisotopic (exact) mass is 382 g/mol. The summed E-state index contributed by atoms with van der Waals surface area (Å²) in [5, 5.41) is 0. The molecule has 0 aliphatic carbocycles. The zero-order chi connectivity index (χ0) is 20.3. The Morgan fingerprint density at radius 1 is 0.926 bits per heavy atom. The van der Waals surface area contributed by atoms with Crippen LogP contribution in [-0.2, 0) is 19.1 Å². The van der Waals surface area contributed by atoms with E-state index in [1.54, 1.807) is 0 Å². The van der Waals surface area contributed by atoms with Crippen LogP contribution in [0.3, 0.4) is 0 Å². The molecule has 0 atom stereocenters. The van der Waals surface area contributed by atoms with Crippen LogP contribution in [0.15, 0.2) is 12.2 Å². The van der Waals surface area contributed by atoms with Gasteiger partial charge in [-0.25, -0.2) is 0 Å². The summed E-state index contributed by atoms with van der Waals surface area (Å²) in [5.74, 6) is -0.370. The topological polar surface area (TPSA) is 59.1 Å². The normalized spacial score (nSPS) is 15.0. The molecule has 0 aromatic carbocycles. The van der Waals surface area contributed by atoms with E-state index in [9.17, 15) is 9.59 Å². The molecule has 1 aliphatic heterocycles. The smallest absolute Gasteiger partial charge is 0.253 e. The number of amides is 2. The fourth-order valence-corrected chi connectivity index (χ4v) is 2.84. The van der Waals surface area contributed by atoms with Gasteiger partial charge < -0.3 is 9.47 Å². The molecular weight excluding hydrogens is 344 g/mol. The van der Waals surface area contributed by atoms with Crippen molar-refractivity contribution < 1.29 is 19.1 Å². The lowest BCUT2D eigenvalue weighted by Gasteiger charge is -2.26. The molecule has 0 N–H and O–H groups in total. The molecule has 2 amide bonds. The summed E-state index contributed by atoms with van der Waals surface area (Å²) in [5.41, 5.74) is -0.112. The molecule has 0 fully saturated rings. The van der Waals surface area contributed by atoms with Crippen LogP contribution in [0.5, 0.6) is 0 Å². The second-order valence-corrected chi connectivity index (χ2v) is 8.30. The molecule has 0 aromatic rings. The minimum atomic E-state index is -0.185. The molecule has 0 unspecified atom stereocenters. The Morgan fingerprint density at radius 2 is 1.52 bits per heavy atom. The van der Waals surface area contributed by atoms with Crippen molar-refractivity contribution in [2.75, 3.05) is 39.4 Å². The summed E-state index contributed by atoms with van der Waals surface area (Å²) in [6.07, 6.45) is 7.01. The average molecular weight is 383 g/mol. The third kappa shape index (κ3) is 11.3. The van der Waals surface area contributed by atoms with Gasteiger partial charge in [-0.2, -0.15) is 0 Å². The molecule has 0 spiro atoms. The van der Waals surface area contributed by atoms with E-state index in [1.807, 2.05) is 0 Å². The standard InChI is InChI=1S/C21H38N2O4/c1-18(2)26-16-14-22(15-17-27-21(3,4)5)12-8-6-7-9-13-23-19(24)10-11-20(23)25/h10-11,18H,6-9,12-17H2,1-5H3. The molecule has 0 saturated heterocycles. The van der Waals surface area contributed by atoms with E-state index < -0.39 is 0 Å². The minimum absolute atomic E-state index is 0.112. The summed E-state index contributed by atoms with van der Waals surface area (Å²) in [7, 11) is 0. The number of ether oxygens (including phenoxy) is 2. The highest BCUT2D eigenvalue weighted by Gasteiger charge is 2.22. The fraction of sp³-hybridized carbons (Fsp3) is 0.810. The Kier molecular flexibility index (Phi) is 10.8. The average Bonchev–Trinajstić information content (AvgIpc) is 2.87.